The van der Waals surface area contributed by atoms with Crippen LogP contribution in [0.15, 0.2) is 29.1 Å². The van der Waals surface area contributed by atoms with Gasteiger partial charge in [0.2, 0.25) is 0 Å². The monoisotopic (exact) mass is 398 g/mol. The maximum atomic E-state index is 12.9. The molecule has 0 bridgehead atoms. The Morgan fingerprint density at radius 2 is 2.03 bits per heavy atom. The smallest absolute Gasteiger partial charge is 0.346 e. The fraction of sp³-hybridized carbons (Fsp3) is 0.591. The number of amides is 1. The Bertz CT molecular complexity index is 926. The molecule has 0 radical (unpaired) electrons. The number of hydrogen-bond acceptors (Lipinski definition) is 4. The van der Waals surface area contributed by atoms with E-state index in [1.807, 2.05) is 36.1 Å². The Hall–Kier alpha value is -2.41. The van der Waals surface area contributed by atoms with Gasteiger partial charge in [-0.2, -0.15) is 5.10 Å². The zero-order chi connectivity index (χ0) is 20.4. The number of benzene rings is 1. The van der Waals surface area contributed by atoms with Gasteiger partial charge < -0.3 is 9.64 Å². The second kappa shape index (κ2) is 8.53. The van der Waals surface area contributed by atoms with Gasteiger partial charge in [0.1, 0.15) is 6.10 Å². The van der Waals surface area contributed by atoms with Crippen molar-refractivity contribution in [3.05, 3.63) is 51.7 Å². The second-order valence-electron chi connectivity index (χ2n) is 8.15. The van der Waals surface area contributed by atoms with Crippen LogP contribution in [0, 0.1) is 5.92 Å². The molecule has 1 aromatic carbocycles. The molecule has 1 amide bonds. The molecule has 2 aromatic rings. The Balaban J connectivity index is 1.57. The highest BCUT2D eigenvalue weighted by molar-refractivity contribution is 5.94. The Kier molecular flexibility index (Phi) is 5.85. The molecule has 0 unspecified atom stereocenters. The third kappa shape index (κ3) is 4.01. The van der Waals surface area contributed by atoms with Crippen LogP contribution in [-0.2, 0) is 17.8 Å². The van der Waals surface area contributed by atoms with Gasteiger partial charge in [-0.05, 0) is 56.2 Å². The van der Waals surface area contributed by atoms with E-state index in [0.717, 1.165) is 37.9 Å². The van der Waals surface area contributed by atoms with Gasteiger partial charge in [-0.15, -0.1) is 0 Å². The van der Waals surface area contributed by atoms with Gasteiger partial charge in [0.05, 0.1) is 6.54 Å². The number of piperidine rings is 1. The highest BCUT2D eigenvalue weighted by atomic mass is 16.5. The topological polar surface area (TPSA) is 69.4 Å². The number of aromatic nitrogens is 3. The van der Waals surface area contributed by atoms with Gasteiger partial charge in [-0.25, -0.2) is 9.48 Å². The molecule has 7 heteroatoms. The van der Waals surface area contributed by atoms with Crippen LogP contribution in [0.5, 0.6) is 0 Å². The number of hydrogen-bond donors (Lipinski definition) is 0. The lowest BCUT2D eigenvalue weighted by molar-refractivity contribution is 0.0724. The van der Waals surface area contributed by atoms with Crippen LogP contribution in [0.1, 0.15) is 67.4 Å². The Morgan fingerprint density at radius 1 is 1.24 bits per heavy atom. The lowest BCUT2D eigenvalue weighted by Gasteiger charge is -2.26. The molecule has 0 N–H and O–H groups in total. The van der Waals surface area contributed by atoms with E-state index in [4.69, 9.17) is 4.74 Å². The average molecular weight is 399 g/mol. The van der Waals surface area contributed by atoms with Gasteiger partial charge in [0.25, 0.3) is 5.91 Å². The number of ether oxygens (including phenoxy) is 1. The molecule has 0 spiro atoms. The van der Waals surface area contributed by atoms with Crippen LogP contribution in [0.25, 0.3) is 0 Å². The van der Waals surface area contributed by atoms with Crippen molar-refractivity contribution in [2.75, 3.05) is 19.7 Å². The summed E-state index contributed by atoms with van der Waals surface area (Å²) in [6.07, 6.45) is 4.18. The highest BCUT2D eigenvalue weighted by Gasteiger charge is 2.31. The molecule has 29 heavy (non-hydrogen) atoms. The summed E-state index contributed by atoms with van der Waals surface area (Å²) in [4.78, 5) is 27.6. The van der Waals surface area contributed by atoms with E-state index < -0.39 is 0 Å². The third-order valence-corrected chi connectivity index (χ3v) is 6.06. The lowest BCUT2D eigenvalue weighted by atomic mass is 10.0. The molecule has 2 aliphatic heterocycles. The SMILES string of the molecule is CCn1c([C@H]2OCC[C@H]2C)nn(Cc2cccc(C(=O)N3CCCCC3)c2)c1=O. The maximum absolute atomic E-state index is 12.9. The first kappa shape index (κ1) is 19.9. The molecule has 2 aliphatic rings. The molecule has 1 aromatic heterocycles. The van der Waals surface area contributed by atoms with Crippen LogP contribution in [0.4, 0.5) is 0 Å². The number of nitrogens with zero attached hydrogens (tertiary/aromatic N) is 4. The number of likely N-dealkylation sites (tertiary alicyclic amines) is 1. The first-order valence-corrected chi connectivity index (χ1v) is 10.8. The minimum atomic E-state index is -0.129. The fourth-order valence-electron chi connectivity index (χ4n) is 4.35. The normalized spacial score (nSPS) is 22.2. The summed E-state index contributed by atoms with van der Waals surface area (Å²) in [6.45, 7) is 7.36. The Labute approximate surface area is 171 Å². The molecular weight excluding hydrogens is 368 g/mol. The van der Waals surface area contributed by atoms with Crippen molar-refractivity contribution in [3.8, 4) is 0 Å². The first-order valence-electron chi connectivity index (χ1n) is 10.8. The Morgan fingerprint density at radius 3 is 2.72 bits per heavy atom. The van der Waals surface area contributed by atoms with Gasteiger partial charge in [-0.1, -0.05) is 19.1 Å². The zero-order valence-electron chi connectivity index (χ0n) is 17.3. The first-order chi connectivity index (χ1) is 14.1. The van der Waals surface area contributed by atoms with Crippen molar-refractivity contribution >= 4 is 5.91 Å². The molecular formula is C22H30N4O3. The number of rotatable bonds is 5. The summed E-state index contributed by atoms with van der Waals surface area (Å²) in [5.41, 5.74) is 1.46. The van der Waals surface area contributed by atoms with Crippen molar-refractivity contribution in [1.82, 2.24) is 19.2 Å². The summed E-state index contributed by atoms with van der Waals surface area (Å²) in [7, 11) is 0. The van der Waals surface area contributed by atoms with Gasteiger partial charge in [0.15, 0.2) is 5.82 Å². The molecule has 156 valence electrons. The molecule has 2 atom stereocenters. The molecule has 4 rings (SSSR count). The van der Waals surface area contributed by atoms with E-state index in [1.165, 1.54) is 11.1 Å². The van der Waals surface area contributed by atoms with Crippen molar-refractivity contribution < 1.29 is 9.53 Å². The fourth-order valence-corrected chi connectivity index (χ4v) is 4.35. The van der Waals surface area contributed by atoms with Crippen LogP contribution < -0.4 is 5.69 Å². The van der Waals surface area contributed by atoms with Crippen molar-refractivity contribution in [1.29, 1.82) is 0 Å². The number of carbonyl (C=O) groups excluding carboxylic acids is 1. The standard InChI is InChI=1S/C22H30N4O3/c1-3-25-20(19-16(2)10-13-29-19)23-26(22(25)28)15-17-8-7-9-18(14-17)21(27)24-11-5-4-6-12-24/h7-9,14,16,19H,3-6,10-13,15H2,1-2H3/t16-,19+/m1/s1. The van der Waals surface area contributed by atoms with Crippen LogP contribution in [0.2, 0.25) is 0 Å². The molecule has 3 heterocycles. The van der Waals surface area contributed by atoms with Gasteiger partial charge >= 0.3 is 5.69 Å². The van der Waals surface area contributed by atoms with Crippen molar-refractivity contribution in [2.45, 2.75) is 58.7 Å². The summed E-state index contributed by atoms with van der Waals surface area (Å²) < 4.78 is 9.05. The summed E-state index contributed by atoms with van der Waals surface area (Å²) >= 11 is 0. The average Bonchev–Trinajstić information content (AvgIpc) is 3.31. The van der Waals surface area contributed by atoms with E-state index in [0.29, 0.717) is 37.0 Å². The molecule has 0 saturated carbocycles. The molecule has 7 nitrogen and oxygen atoms in total. The summed E-state index contributed by atoms with van der Waals surface area (Å²) in [5.74, 6) is 1.14. The lowest BCUT2D eigenvalue weighted by Crippen LogP contribution is -2.35. The quantitative estimate of drug-likeness (QED) is 0.777. The third-order valence-electron chi connectivity index (χ3n) is 6.06. The van der Waals surface area contributed by atoms with Crippen LogP contribution in [-0.4, -0.2) is 44.9 Å². The van der Waals surface area contributed by atoms with E-state index >= 15 is 0 Å². The molecule has 0 aliphatic carbocycles. The van der Waals surface area contributed by atoms with Crippen molar-refractivity contribution in [2.24, 2.45) is 5.92 Å². The minimum absolute atomic E-state index is 0.0758. The highest BCUT2D eigenvalue weighted by Crippen LogP contribution is 2.32. The molecule has 2 saturated heterocycles. The maximum Gasteiger partial charge on any atom is 0.346 e. The van der Waals surface area contributed by atoms with Gasteiger partial charge in [-0.3, -0.25) is 9.36 Å². The molecule has 2 fully saturated rings. The summed E-state index contributed by atoms with van der Waals surface area (Å²) in [6, 6.07) is 7.58. The predicted octanol–water partition coefficient (Wildman–Crippen LogP) is 2.84. The van der Waals surface area contributed by atoms with Crippen LogP contribution in [0.3, 0.4) is 0 Å². The number of carbonyl (C=O) groups is 1. The van der Waals surface area contributed by atoms with E-state index in [2.05, 4.69) is 12.0 Å². The van der Waals surface area contributed by atoms with Crippen molar-refractivity contribution in [3.63, 3.8) is 0 Å². The van der Waals surface area contributed by atoms with Gasteiger partial charge in [0, 0.05) is 31.8 Å². The zero-order valence-corrected chi connectivity index (χ0v) is 17.3. The second-order valence-corrected chi connectivity index (χ2v) is 8.15. The summed E-state index contributed by atoms with van der Waals surface area (Å²) in [5, 5.41) is 4.62. The van der Waals surface area contributed by atoms with E-state index in [1.54, 1.807) is 4.57 Å². The van der Waals surface area contributed by atoms with Crippen LogP contribution >= 0.6 is 0 Å². The van der Waals surface area contributed by atoms with E-state index in [-0.39, 0.29) is 17.7 Å². The minimum Gasteiger partial charge on any atom is -0.370 e. The largest absolute Gasteiger partial charge is 0.370 e. The van der Waals surface area contributed by atoms with E-state index in [9.17, 15) is 9.59 Å². The predicted molar refractivity (Wildman–Crippen MR) is 110 cm³/mol.